The Balaban J connectivity index is 1.24. The second kappa shape index (κ2) is 26.6. The number of rotatable bonds is 16. The lowest BCUT2D eigenvalue weighted by Gasteiger charge is -2.49. The molecule has 78 heavy (non-hydrogen) atoms. The van der Waals surface area contributed by atoms with Crippen LogP contribution in [0.5, 0.6) is 0 Å². The number of sulfone groups is 1. The number of methoxy groups -OCH3 is 2. The van der Waals surface area contributed by atoms with E-state index < -0.39 is 137 Å². The van der Waals surface area contributed by atoms with Gasteiger partial charge in [0, 0.05) is 64.3 Å². The van der Waals surface area contributed by atoms with Crippen LogP contribution in [0.3, 0.4) is 0 Å². The van der Waals surface area contributed by atoms with Crippen LogP contribution in [0, 0.1) is 17.8 Å². The number of carbonyl (C=O) groups excluding carboxylic acids is 1. The first-order chi connectivity index (χ1) is 36.5. The largest absolute Gasteiger partial charge is 0.459 e. The second-order valence-electron chi connectivity index (χ2n) is 24.1. The van der Waals surface area contributed by atoms with E-state index in [1.165, 1.54) is 25.8 Å². The Morgan fingerprint density at radius 2 is 1.60 bits per heavy atom. The zero-order chi connectivity index (χ0) is 57.8. The Kier molecular flexibility index (Phi) is 22.0. The Morgan fingerprint density at radius 3 is 2.21 bits per heavy atom. The van der Waals surface area contributed by atoms with Gasteiger partial charge in [-0.3, -0.25) is 4.79 Å². The number of aromatic nitrogens is 3. The van der Waals surface area contributed by atoms with Crippen molar-refractivity contribution in [2.75, 3.05) is 59.6 Å². The molecule has 0 spiro atoms. The summed E-state index contributed by atoms with van der Waals surface area (Å²) >= 11 is 0. The molecule has 0 saturated carbocycles. The number of ether oxygens (including phenoxy) is 7. The first-order valence-corrected chi connectivity index (χ1v) is 29.9. The maximum atomic E-state index is 15.0. The van der Waals surface area contributed by atoms with Crippen LogP contribution in [0.1, 0.15) is 143 Å². The molecule has 5 N–H and O–H groups in total. The molecule has 22 heteroatoms. The molecule has 1 aromatic heterocycles. The molecule has 20 nitrogen and oxygen atoms in total. The quantitative estimate of drug-likeness (QED) is 0.147. The van der Waals surface area contributed by atoms with E-state index in [2.05, 4.69) is 10.3 Å². The van der Waals surface area contributed by atoms with Crippen LogP contribution in [0.25, 0.3) is 0 Å². The van der Waals surface area contributed by atoms with Gasteiger partial charge in [-0.25, -0.2) is 17.5 Å². The monoisotopic (exact) mass is 1130 g/mol. The van der Waals surface area contributed by atoms with Crippen LogP contribution in [0.15, 0.2) is 30.5 Å². The fraction of sp³-hybridized carbons (Fsp3) is 0.839. The van der Waals surface area contributed by atoms with Gasteiger partial charge in [0.05, 0.1) is 58.7 Å². The third kappa shape index (κ3) is 14.9. The predicted molar refractivity (Wildman–Crippen MR) is 289 cm³/mol. The number of esters is 1. The molecular formula is C56H94FN5O15S. The van der Waals surface area contributed by atoms with E-state index in [0.717, 1.165) is 11.1 Å². The van der Waals surface area contributed by atoms with E-state index in [1.807, 2.05) is 62.0 Å². The van der Waals surface area contributed by atoms with Crippen molar-refractivity contribution in [3.8, 4) is 0 Å². The van der Waals surface area contributed by atoms with Gasteiger partial charge in [0.15, 0.2) is 12.6 Å². The molecule has 5 heterocycles. The summed E-state index contributed by atoms with van der Waals surface area (Å²) in [5, 5.41) is 68.6. The first-order valence-electron chi connectivity index (χ1n) is 28.1. The molecule has 6 rings (SSSR count). The maximum Gasteiger partial charge on any atom is 0.311 e. The van der Waals surface area contributed by atoms with Crippen LogP contribution in [-0.2, 0) is 54.2 Å². The maximum absolute atomic E-state index is 15.0. The molecule has 4 saturated heterocycles. The van der Waals surface area contributed by atoms with Gasteiger partial charge >= 0.3 is 5.97 Å². The Bertz CT molecular complexity index is 2320. The zero-order valence-corrected chi connectivity index (χ0v) is 49.4. The third-order valence-corrected chi connectivity index (χ3v) is 19.5. The number of likely N-dealkylation sites (N-methyl/N-ethyl adjacent to an activating group) is 2. The zero-order valence-electron chi connectivity index (χ0n) is 48.6. The van der Waals surface area contributed by atoms with Crippen molar-refractivity contribution in [3.63, 3.8) is 0 Å². The molecular weight excluding hydrogens is 1030 g/mol. The number of carbonyl (C=O) groups is 1. The molecule has 2 aromatic rings. The van der Waals surface area contributed by atoms with E-state index in [4.69, 9.17) is 33.2 Å². The van der Waals surface area contributed by atoms with Crippen LogP contribution in [0.4, 0.5) is 4.39 Å². The number of hydrogen-bond donors (Lipinski definition) is 5. The average Bonchev–Trinajstić information content (AvgIpc) is 3.92. The van der Waals surface area contributed by atoms with Crippen molar-refractivity contribution in [2.45, 2.75) is 223 Å². The van der Waals surface area contributed by atoms with Crippen molar-refractivity contribution >= 4 is 15.8 Å². The van der Waals surface area contributed by atoms with Crippen molar-refractivity contribution in [2.24, 2.45) is 17.8 Å². The Labute approximate surface area is 462 Å². The molecule has 20 atom stereocenters. The first kappa shape index (κ1) is 64.4. The fourth-order valence-corrected chi connectivity index (χ4v) is 14.2. The molecule has 0 bridgehead atoms. The van der Waals surface area contributed by atoms with Gasteiger partial charge in [0.1, 0.15) is 58.7 Å². The van der Waals surface area contributed by atoms with Gasteiger partial charge < -0.3 is 68.5 Å². The van der Waals surface area contributed by atoms with Gasteiger partial charge in [-0.15, -0.1) is 5.10 Å². The topological polar surface area (TPSA) is 254 Å². The van der Waals surface area contributed by atoms with E-state index in [-0.39, 0.29) is 42.6 Å². The van der Waals surface area contributed by atoms with Gasteiger partial charge in [0.2, 0.25) is 0 Å². The predicted octanol–water partition coefficient (Wildman–Crippen LogP) is 4.30. The number of alkyl halides is 1. The molecule has 4 fully saturated rings. The highest BCUT2D eigenvalue weighted by atomic mass is 32.2. The summed E-state index contributed by atoms with van der Waals surface area (Å²) in [5.74, 6) is -2.45. The van der Waals surface area contributed by atoms with Crippen LogP contribution >= 0.6 is 0 Å². The minimum absolute atomic E-state index is 0.0758. The van der Waals surface area contributed by atoms with E-state index >= 15 is 0 Å². The van der Waals surface area contributed by atoms with Crippen LogP contribution < -0.4 is 0 Å². The highest BCUT2D eigenvalue weighted by Crippen LogP contribution is 2.41. The van der Waals surface area contributed by atoms with Crippen molar-refractivity contribution < 1.29 is 76.3 Å². The Morgan fingerprint density at radius 1 is 0.949 bits per heavy atom. The van der Waals surface area contributed by atoms with Crippen molar-refractivity contribution in [3.05, 3.63) is 47.3 Å². The van der Waals surface area contributed by atoms with Crippen LogP contribution in [-0.4, -0.2) is 215 Å². The minimum Gasteiger partial charge on any atom is -0.459 e. The Hall–Kier alpha value is -2.81. The fourth-order valence-electron chi connectivity index (χ4n) is 12.7. The molecule has 0 amide bonds. The standard InChI is InChI=1S/C56H94FN5O15S/c1-15-44-56(10,68)49(64)36(6)61(12)30-32(2)27-54(8,67)51(34(4)47(35(5)52(66)75-44)76-45-28-55(9,72-14)50(65)37(7)74-45)77-53-46(63)42(26-33(3)73-53)60(11)23-20-41-31-62(59-58-41)43(29-57)48(71-13)40-18-16-38(17-19-40)39-21-24-78(69,70)25-22-39/h16-19,31-37,39,42-51,53,63-65,67-68H,15,20-30H2,1-14H3/t32-,33-,34+,35-,36-,37+,42+,43+,44-,45+,46-,47+,48-,49-,50+,51-,53+,54-,55-,56-/m1/s1. The van der Waals surface area contributed by atoms with Gasteiger partial charge in [-0.1, -0.05) is 50.3 Å². The molecule has 0 unspecified atom stereocenters. The normalized spacial score (nSPS) is 40.0. The number of aliphatic hydroxyl groups excluding tert-OH is 3. The SMILES string of the molecule is CC[C@H]1OC(=O)[C@H](C)[C@@H](O[C@H]2C[C@@](C)(OC)[C@@H](O)[C@H](C)O2)[C@H](C)[C@@H](O[C@@H]2O[C@H](C)C[C@H](N(C)CCc3cn([C@@H](CF)[C@H](OC)c4ccc(C5CCS(=O)(=O)CC5)cc4)nn3)[C@H]2O)[C@](C)(O)C[C@@H](C)CN(C)[C@H](C)[C@@H](O)[C@]1(C)O. The van der Waals surface area contributed by atoms with E-state index in [0.29, 0.717) is 44.5 Å². The summed E-state index contributed by atoms with van der Waals surface area (Å²) in [7, 11) is 3.71. The van der Waals surface area contributed by atoms with Gasteiger partial charge in [-0.2, -0.15) is 0 Å². The van der Waals surface area contributed by atoms with E-state index in [1.54, 1.807) is 54.7 Å². The minimum atomic E-state index is -3.00. The lowest BCUT2D eigenvalue weighted by Crippen LogP contribution is -2.61. The van der Waals surface area contributed by atoms with Gasteiger partial charge in [-0.05, 0) is 118 Å². The number of aliphatic hydroxyl groups is 5. The smallest absolute Gasteiger partial charge is 0.311 e. The van der Waals surface area contributed by atoms with Crippen molar-refractivity contribution in [1.82, 2.24) is 24.8 Å². The summed E-state index contributed by atoms with van der Waals surface area (Å²) < 4.78 is 84.7. The summed E-state index contributed by atoms with van der Waals surface area (Å²) in [6.07, 6.45) is -7.08. The third-order valence-electron chi connectivity index (χ3n) is 17.8. The summed E-state index contributed by atoms with van der Waals surface area (Å²) in [5.41, 5.74) is -2.25. The average molecular weight is 1130 g/mol. The van der Waals surface area contributed by atoms with Crippen LogP contribution in [0.2, 0.25) is 0 Å². The highest BCUT2D eigenvalue weighted by Gasteiger charge is 2.53. The molecule has 0 radical (unpaired) electrons. The number of halogens is 1. The summed E-state index contributed by atoms with van der Waals surface area (Å²) in [6.45, 7) is 17.4. The summed E-state index contributed by atoms with van der Waals surface area (Å²) in [4.78, 5) is 18.4. The van der Waals surface area contributed by atoms with E-state index in [9.17, 15) is 43.1 Å². The number of benzene rings is 1. The lowest BCUT2D eigenvalue weighted by atomic mass is 9.77. The molecule has 4 aliphatic heterocycles. The summed E-state index contributed by atoms with van der Waals surface area (Å²) in [6, 6.07) is 5.77. The van der Waals surface area contributed by atoms with Gasteiger partial charge in [0.25, 0.3) is 0 Å². The number of nitrogens with zero attached hydrogens (tertiary/aromatic N) is 5. The molecule has 4 aliphatic rings. The number of hydrogen-bond acceptors (Lipinski definition) is 19. The second-order valence-corrected chi connectivity index (χ2v) is 26.4. The molecule has 0 aliphatic carbocycles. The molecule has 1 aromatic carbocycles. The number of cyclic esters (lactones) is 1. The lowest BCUT2D eigenvalue weighted by molar-refractivity contribution is -0.318. The molecule has 446 valence electrons. The highest BCUT2D eigenvalue weighted by molar-refractivity contribution is 7.91. The van der Waals surface area contributed by atoms with Crippen molar-refractivity contribution in [1.29, 1.82) is 0 Å².